The molecule has 39 valence electrons. The molecule has 0 aliphatic carbocycles. The average Bonchev–Trinajstić information content (AvgIpc) is 0.722. The van der Waals surface area contributed by atoms with Crippen LogP contribution in [0.3, 0.4) is 0 Å². The van der Waals surface area contributed by atoms with E-state index in [4.69, 9.17) is 38.8 Å². The summed E-state index contributed by atoms with van der Waals surface area (Å²) < 4.78 is 0. The molecule has 0 saturated carbocycles. The van der Waals surface area contributed by atoms with Crippen LogP contribution < -0.4 is 0 Å². The van der Waals surface area contributed by atoms with Crippen molar-refractivity contribution >= 4 is 38.8 Å². The molecule has 0 aromatic heterocycles. The number of halogens is 4. The van der Waals surface area contributed by atoms with Crippen molar-refractivity contribution < 1.29 is 10.8 Å². The van der Waals surface area contributed by atoms with Gasteiger partial charge in [0.05, 0.1) is 0 Å². The van der Waals surface area contributed by atoms with Crippen LogP contribution in [0.2, 0.25) is 0 Å². The molecule has 0 atom stereocenters. The van der Waals surface area contributed by atoms with Gasteiger partial charge in [-0.05, 0) is 0 Å². The van der Waals surface area contributed by atoms with Crippen LogP contribution in [0.1, 0.15) is 0 Å². The summed E-state index contributed by atoms with van der Waals surface area (Å²) in [7, 11) is 17.1. The molecule has 0 bridgehead atoms. The zero-order chi connectivity index (χ0) is 4.50. The average molecular weight is 245 g/mol. The van der Waals surface area contributed by atoms with Crippen LogP contribution in [0.15, 0.2) is 0 Å². The molecule has 0 saturated heterocycles. The first kappa shape index (κ1) is 6.78. The van der Waals surface area contributed by atoms with E-state index >= 15 is 0 Å². The van der Waals surface area contributed by atoms with E-state index in [-0.39, 0.29) is 0 Å². The van der Waals surface area contributed by atoms with E-state index in [0.717, 1.165) is 0 Å². The third-order valence-corrected chi connectivity index (χ3v) is 0. The Morgan fingerprint density at radius 2 is 0.800 bits per heavy atom. The van der Waals surface area contributed by atoms with Crippen LogP contribution in [0.4, 0.5) is 0 Å². The summed E-state index contributed by atoms with van der Waals surface area (Å²) in [5.41, 5.74) is 0. The van der Waals surface area contributed by atoms with E-state index in [1.807, 2.05) is 0 Å². The first-order chi connectivity index (χ1) is 2.00. The Bertz CT molecular complexity index is 19.1. The summed E-state index contributed by atoms with van der Waals surface area (Å²) in [6.07, 6.45) is 0. The molecule has 0 amide bonds. The molecule has 0 unspecified atom stereocenters. The standard InChI is InChI=1S/4ClH.Rh/h4*1H;/q;;;;+2/p-4. The van der Waals surface area contributed by atoms with Gasteiger partial charge in [0.15, 0.2) is 0 Å². The second-order valence-corrected chi connectivity index (χ2v) is 15.2. The summed E-state index contributed by atoms with van der Waals surface area (Å²) in [5.74, 6) is 0. The van der Waals surface area contributed by atoms with Gasteiger partial charge >= 0.3 is 49.6 Å². The summed E-state index contributed by atoms with van der Waals surface area (Å²) in [4.78, 5) is 0. The maximum atomic E-state index is 4.99. The molecule has 0 rings (SSSR count). The second-order valence-electron chi connectivity index (χ2n) is 0.286. The van der Waals surface area contributed by atoms with Gasteiger partial charge in [0.1, 0.15) is 0 Å². The van der Waals surface area contributed by atoms with Crippen molar-refractivity contribution in [2.24, 2.45) is 0 Å². The van der Waals surface area contributed by atoms with E-state index in [0.29, 0.717) is 0 Å². The van der Waals surface area contributed by atoms with Crippen LogP contribution >= 0.6 is 38.8 Å². The molecule has 5 heteroatoms. The van der Waals surface area contributed by atoms with Crippen LogP contribution in [-0.2, 0) is 10.8 Å². The second kappa shape index (κ2) is 2.18. The fraction of sp³-hybridized carbons (Fsp3) is 0. The molecule has 0 aromatic carbocycles. The van der Waals surface area contributed by atoms with Gasteiger partial charge < -0.3 is 0 Å². The zero-order valence-corrected chi connectivity index (χ0v) is 6.51. The molecular formula is Cl4Rh-2. The molecule has 0 radical (unpaired) electrons. The predicted octanol–water partition coefficient (Wildman–Crippen LogP) is 2.76. The van der Waals surface area contributed by atoms with E-state index < -0.39 is 10.8 Å². The van der Waals surface area contributed by atoms with Crippen LogP contribution in [0, 0.1) is 0 Å². The van der Waals surface area contributed by atoms with Gasteiger partial charge in [0, 0.05) is 0 Å². The van der Waals surface area contributed by atoms with E-state index in [1.165, 1.54) is 0 Å². The minimum absolute atomic E-state index is 2.89. The Morgan fingerprint density at radius 3 is 0.800 bits per heavy atom. The SMILES string of the molecule is [Cl][Rh-2]([Cl])([Cl])[Cl]. The van der Waals surface area contributed by atoms with Crippen molar-refractivity contribution in [3.8, 4) is 0 Å². The molecule has 0 aromatic rings. The molecule has 5 heavy (non-hydrogen) atoms. The Balaban J connectivity index is 3.02. The first-order valence-electron chi connectivity index (χ1n) is 0.504. The van der Waals surface area contributed by atoms with Crippen molar-refractivity contribution in [2.45, 2.75) is 0 Å². The molecule has 0 aliphatic heterocycles. The van der Waals surface area contributed by atoms with Crippen molar-refractivity contribution in [1.29, 1.82) is 0 Å². The fourth-order valence-corrected chi connectivity index (χ4v) is 0. The Kier molecular flexibility index (Phi) is 2.96. The molecule has 0 N–H and O–H groups in total. The first-order valence-corrected chi connectivity index (χ1v) is 8.94. The zero-order valence-electron chi connectivity index (χ0n) is 1.85. The van der Waals surface area contributed by atoms with Crippen molar-refractivity contribution in [2.75, 3.05) is 0 Å². The Hall–Kier alpha value is 1.78. The molecule has 0 nitrogen and oxygen atoms in total. The maximum absolute atomic E-state index is 4.99. The summed E-state index contributed by atoms with van der Waals surface area (Å²) >= 11 is 0. The minimum atomic E-state index is -2.89. The van der Waals surface area contributed by atoms with E-state index in [1.54, 1.807) is 0 Å². The Morgan fingerprint density at radius 1 is 0.800 bits per heavy atom. The van der Waals surface area contributed by atoms with Gasteiger partial charge in [-0.3, -0.25) is 0 Å². The Labute approximate surface area is 49.3 Å². The van der Waals surface area contributed by atoms with Gasteiger partial charge in [-0.1, -0.05) is 0 Å². The third-order valence-electron chi connectivity index (χ3n) is 0. The monoisotopic (exact) mass is 243 g/mol. The molecule has 0 aliphatic rings. The van der Waals surface area contributed by atoms with Gasteiger partial charge in [0.25, 0.3) is 0 Å². The molecule has 0 fully saturated rings. The number of hydrogen-bond acceptors (Lipinski definition) is 0. The van der Waals surface area contributed by atoms with Crippen LogP contribution in [-0.4, -0.2) is 0 Å². The quantitative estimate of drug-likeness (QED) is 0.575. The number of hydrogen-bond donors (Lipinski definition) is 0. The predicted molar refractivity (Wildman–Crippen MR) is 23.4 cm³/mol. The fourth-order valence-electron chi connectivity index (χ4n) is 0. The summed E-state index contributed by atoms with van der Waals surface area (Å²) in [6, 6.07) is 0. The summed E-state index contributed by atoms with van der Waals surface area (Å²) in [5, 5.41) is 0. The summed E-state index contributed by atoms with van der Waals surface area (Å²) in [6.45, 7) is 0. The van der Waals surface area contributed by atoms with Gasteiger partial charge in [-0.2, -0.15) is 0 Å². The van der Waals surface area contributed by atoms with Crippen molar-refractivity contribution in [1.82, 2.24) is 0 Å². The normalized spacial score (nSPS) is 15.2. The van der Waals surface area contributed by atoms with Crippen LogP contribution in [0.5, 0.6) is 0 Å². The molecule has 0 heterocycles. The molecular weight excluding hydrogens is 245 g/mol. The molecule has 0 spiro atoms. The van der Waals surface area contributed by atoms with E-state index in [9.17, 15) is 0 Å². The third kappa shape index (κ3) is 26.0. The van der Waals surface area contributed by atoms with Crippen LogP contribution in [0.25, 0.3) is 0 Å². The van der Waals surface area contributed by atoms with Gasteiger partial charge in [-0.15, -0.1) is 0 Å². The number of rotatable bonds is 0. The van der Waals surface area contributed by atoms with Crippen molar-refractivity contribution in [3.63, 3.8) is 0 Å². The van der Waals surface area contributed by atoms with Gasteiger partial charge in [0.2, 0.25) is 0 Å². The van der Waals surface area contributed by atoms with Gasteiger partial charge in [-0.25, -0.2) is 0 Å². The van der Waals surface area contributed by atoms with E-state index in [2.05, 4.69) is 0 Å². The topological polar surface area (TPSA) is 0 Å². The van der Waals surface area contributed by atoms with Crippen molar-refractivity contribution in [3.05, 3.63) is 0 Å².